The van der Waals surface area contributed by atoms with Crippen molar-refractivity contribution in [3.63, 3.8) is 0 Å². The third-order valence-corrected chi connectivity index (χ3v) is 3.53. The minimum Gasteiger partial charge on any atom is -0.306 e. The molecule has 1 aromatic heterocycles. The molecule has 2 unspecified atom stereocenters. The van der Waals surface area contributed by atoms with Gasteiger partial charge >= 0.3 is 0 Å². The van der Waals surface area contributed by atoms with Crippen molar-refractivity contribution in [3.05, 3.63) is 5.82 Å². The van der Waals surface area contributed by atoms with Crippen molar-refractivity contribution in [1.82, 2.24) is 14.7 Å². The van der Waals surface area contributed by atoms with Gasteiger partial charge in [-0.2, -0.15) is 4.37 Å². The first-order valence-electron chi connectivity index (χ1n) is 5.51. The lowest BCUT2D eigenvalue weighted by Crippen LogP contribution is -2.48. The Labute approximate surface area is 98.8 Å². The molecule has 1 saturated heterocycles. The molecule has 1 aliphatic rings. The zero-order valence-electron chi connectivity index (χ0n) is 9.49. The Kier molecular flexibility index (Phi) is 3.50. The molecule has 88 valence electrons. The van der Waals surface area contributed by atoms with E-state index in [9.17, 15) is 4.79 Å². The summed E-state index contributed by atoms with van der Waals surface area (Å²) in [7, 11) is 0. The van der Waals surface area contributed by atoms with Gasteiger partial charge in [0.15, 0.2) is 0 Å². The van der Waals surface area contributed by atoms with Crippen molar-refractivity contribution >= 4 is 22.6 Å². The first-order chi connectivity index (χ1) is 7.66. The van der Waals surface area contributed by atoms with E-state index in [0.29, 0.717) is 16.9 Å². The minimum absolute atomic E-state index is 0.00310. The van der Waals surface area contributed by atoms with Crippen molar-refractivity contribution < 1.29 is 4.79 Å². The van der Waals surface area contributed by atoms with Gasteiger partial charge in [-0.25, -0.2) is 4.98 Å². The number of hydrogen-bond acceptors (Lipinski definition) is 5. The zero-order valence-corrected chi connectivity index (χ0v) is 10.3. The second kappa shape index (κ2) is 4.88. The molecular weight excluding hydrogens is 224 g/mol. The van der Waals surface area contributed by atoms with E-state index in [4.69, 9.17) is 0 Å². The Morgan fingerprint density at radius 1 is 1.62 bits per heavy atom. The summed E-state index contributed by atoms with van der Waals surface area (Å²) in [4.78, 5) is 16.1. The molecule has 2 N–H and O–H groups in total. The van der Waals surface area contributed by atoms with Crippen LogP contribution >= 0.6 is 11.5 Å². The van der Waals surface area contributed by atoms with Crippen molar-refractivity contribution in [2.45, 2.75) is 32.7 Å². The van der Waals surface area contributed by atoms with Crippen LogP contribution in [-0.2, 0) is 4.79 Å². The lowest BCUT2D eigenvalue weighted by molar-refractivity contribution is -0.119. The normalized spacial score (nSPS) is 25.4. The maximum absolute atomic E-state index is 12.0. The molecule has 1 amide bonds. The predicted molar refractivity (Wildman–Crippen MR) is 63.5 cm³/mol. The summed E-state index contributed by atoms with van der Waals surface area (Å²) in [5, 5.41) is 6.63. The largest absolute Gasteiger partial charge is 0.306 e. The predicted octanol–water partition coefficient (Wildman–Crippen LogP) is 1.17. The summed E-state index contributed by atoms with van der Waals surface area (Å²) >= 11 is 1.22. The summed E-state index contributed by atoms with van der Waals surface area (Å²) in [6.07, 6.45) is 2.24. The van der Waals surface area contributed by atoms with Crippen LogP contribution in [0.5, 0.6) is 0 Å². The number of amides is 1. The van der Waals surface area contributed by atoms with Crippen LogP contribution in [0.1, 0.15) is 25.6 Å². The monoisotopic (exact) mass is 240 g/mol. The van der Waals surface area contributed by atoms with E-state index in [0.717, 1.165) is 19.4 Å². The van der Waals surface area contributed by atoms with Gasteiger partial charge in [0.1, 0.15) is 5.82 Å². The van der Waals surface area contributed by atoms with Crippen LogP contribution in [0.3, 0.4) is 0 Å². The number of carbonyl (C=O) groups is 1. The number of nitrogens with zero attached hydrogens (tertiary/aromatic N) is 2. The summed E-state index contributed by atoms with van der Waals surface area (Å²) in [5.41, 5.74) is 0. The highest BCUT2D eigenvalue weighted by Crippen LogP contribution is 2.18. The van der Waals surface area contributed by atoms with E-state index in [2.05, 4.69) is 26.9 Å². The fraction of sp³-hybridized carbons (Fsp3) is 0.700. The smallest absolute Gasteiger partial charge is 0.243 e. The fourth-order valence-electron chi connectivity index (χ4n) is 1.93. The third-order valence-electron chi connectivity index (χ3n) is 2.81. The highest BCUT2D eigenvalue weighted by molar-refractivity contribution is 7.09. The number of rotatable bonds is 2. The van der Waals surface area contributed by atoms with Crippen molar-refractivity contribution in [1.29, 1.82) is 0 Å². The molecule has 1 fully saturated rings. The summed E-state index contributed by atoms with van der Waals surface area (Å²) in [6, 6.07) is -0.0991. The van der Waals surface area contributed by atoms with Crippen LogP contribution in [0, 0.1) is 12.8 Å². The molecule has 2 rings (SSSR count). The van der Waals surface area contributed by atoms with Crippen LogP contribution in [0.4, 0.5) is 5.13 Å². The quantitative estimate of drug-likeness (QED) is 0.814. The van der Waals surface area contributed by atoms with E-state index in [1.807, 2.05) is 6.92 Å². The van der Waals surface area contributed by atoms with Gasteiger partial charge in [0.25, 0.3) is 0 Å². The van der Waals surface area contributed by atoms with Gasteiger partial charge in [-0.15, -0.1) is 0 Å². The van der Waals surface area contributed by atoms with E-state index in [-0.39, 0.29) is 11.9 Å². The lowest BCUT2D eigenvalue weighted by Gasteiger charge is -2.28. The zero-order chi connectivity index (χ0) is 11.5. The maximum Gasteiger partial charge on any atom is 0.243 e. The van der Waals surface area contributed by atoms with Gasteiger partial charge in [0.2, 0.25) is 11.0 Å². The highest BCUT2D eigenvalue weighted by atomic mass is 32.1. The van der Waals surface area contributed by atoms with Gasteiger partial charge in [-0.05, 0) is 32.2 Å². The molecule has 0 spiro atoms. The Balaban J connectivity index is 1.96. The van der Waals surface area contributed by atoms with Crippen LogP contribution < -0.4 is 10.6 Å². The van der Waals surface area contributed by atoms with Crippen LogP contribution in [-0.4, -0.2) is 27.9 Å². The van der Waals surface area contributed by atoms with E-state index in [1.165, 1.54) is 11.5 Å². The number of aryl methyl sites for hydroxylation is 1. The molecule has 2 heterocycles. The SMILES string of the molecule is Cc1nsc(NC(=O)C2NCCCC2C)n1. The van der Waals surface area contributed by atoms with Gasteiger partial charge in [-0.3, -0.25) is 10.1 Å². The molecule has 0 aliphatic carbocycles. The minimum atomic E-state index is -0.0991. The molecule has 0 saturated carbocycles. The molecule has 0 bridgehead atoms. The van der Waals surface area contributed by atoms with Crippen molar-refractivity contribution in [3.8, 4) is 0 Å². The Hall–Kier alpha value is -1.01. The standard InChI is InChI=1S/C10H16N4OS/c1-6-4-3-5-11-8(6)9(15)13-10-12-7(2)14-16-10/h6,8,11H,3-5H2,1-2H3,(H,12,13,14,15). The molecule has 0 aromatic carbocycles. The van der Waals surface area contributed by atoms with E-state index >= 15 is 0 Å². The van der Waals surface area contributed by atoms with Gasteiger partial charge in [0, 0.05) is 11.5 Å². The molecule has 5 nitrogen and oxygen atoms in total. The fourth-order valence-corrected chi connectivity index (χ4v) is 2.51. The second-order valence-electron chi connectivity index (χ2n) is 4.19. The van der Waals surface area contributed by atoms with Gasteiger partial charge in [-0.1, -0.05) is 6.92 Å². The van der Waals surface area contributed by atoms with Gasteiger partial charge in [0.05, 0.1) is 6.04 Å². The summed E-state index contributed by atoms with van der Waals surface area (Å²) in [5.74, 6) is 1.08. The van der Waals surface area contributed by atoms with E-state index in [1.54, 1.807) is 0 Å². The molecule has 6 heteroatoms. The van der Waals surface area contributed by atoms with Crippen LogP contribution in [0.25, 0.3) is 0 Å². The average Bonchev–Trinajstić information content (AvgIpc) is 2.64. The molecular formula is C10H16N4OS. The molecule has 2 atom stereocenters. The van der Waals surface area contributed by atoms with Gasteiger partial charge < -0.3 is 5.32 Å². The number of hydrogen-bond donors (Lipinski definition) is 2. The second-order valence-corrected chi connectivity index (χ2v) is 4.94. The maximum atomic E-state index is 12.0. The van der Waals surface area contributed by atoms with Crippen LogP contribution in [0.15, 0.2) is 0 Å². The number of carbonyl (C=O) groups excluding carboxylic acids is 1. The Bertz CT molecular complexity index is 379. The summed E-state index contributed by atoms with van der Waals surface area (Å²) in [6.45, 7) is 4.83. The number of nitrogens with one attached hydrogen (secondary N) is 2. The average molecular weight is 240 g/mol. The molecule has 16 heavy (non-hydrogen) atoms. The van der Waals surface area contributed by atoms with Crippen LogP contribution in [0.2, 0.25) is 0 Å². The first-order valence-corrected chi connectivity index (χ1v) is 6.28. The molecule has 1 aromatic rings. The molecule has 1 aliphatic heterocycles. The topological polar surface area (TPSA) is 66.9 Å². The first kappa shape index (κ1) is 11.5. The highest BCUT2D eigenvalue weighted by Gasteiger charge is 2.27. The summed E-state index contributed by atoms with van der Waals surface area (Å²) < 4.78 is 4.03. The number of piperidine rings is 1. The van der Waals surface area contributed by atoms with Crippen molar-refractivity contribution in [2.24, 2.45) is 5.92 Å². The van der Waals surface area contributed by atoms with Crippen molar-refractivity contribution in [2.75, 3.05) is 11.9 Å². The molecule has 0 radical (unpaired) electrons. The number of aromatic nitrogens is 2. The lowest BCUT2D eigenvalue weighted by atomic mass is 9.92. The number of anilines is 1. The third kappa shape index (κ3) is 2.56. The Morgan fingerprint density at radius 3 is 3.06 bits per heavy atom. The van der Waals surface area contributed by atoms with E-state index < -0.39 is 0 Å². The Morgan fingerprint density at radius 2 is 2.44 bits per heavy atom.